The maximum absolute atomic E-state index is 12.5. The Morgan fingerprint density at radius 1 is 1.24 bits per heavy atom. The minimum absolute atomic E-state index is 0.0372. The molecule has 2 aromatic heterocycles. The van der Waals surface area contributed by atoms with Crippen molar-refractivity contribution in [2.24, 2.45) is 5.92 Å². The van der Waals surface area contributed by atoms with Crippen LogP contribution in [0.25, 0.3) is 11.4 Å². The minimum atomic E-state index is 0.0372. The highest BCUT2D eigenvalue weighted by molar-refractivity contribution is 5.75. The van der Waals surface area contributed by atoms with Gasteiger partial charge in [-0.05, 0) is 30.9 Å². The predicted molar refractivity (Wildman–Crippen MR) is 91.8 cm³/mol. The molecule has 2 amide bonds. The van der Waals surface area contributed by atoms with E-state index in [-0.39, 0.29) is 11.9 Å². The molecule has 0 bridgehead atoms. The molecule has 132 valence electrons. The number of likely N-dealkylation sites (tertiary alicyclic amines) is 1. The number of hydrogen-bond donors (Lipinski definition) is 1. The lowest BCUT2D eigenvalue weighted by Gasteiger charge is -2.20. The normalized spacial score (nSPS) is 24.0. The van der Waals surface area contributed by atoms with E-state index < -0.39 is 0 Å². The van der Waals surface area contributed by atoms with Gasteiger partial charge in [-0.1, -0.05) is 24.9 Å². The summed E-state index contributed by atoms with van der Waals surface area (Å²) in [5.74, 6) is 1.55. The third kappa shape index (κ3) is 3.36. The van der Waals surface area contributed by atoms with Crippen LogP contribution in [0, 0.1) is 5.92 Å². The summed E-state index contributed by atoms with van der Waals surface area (Å²) in [5, 5.41) is 7.24. The molecule has 0 aromatic carbocycles. The van der Waals surface area contributed by atoms with Gasteiger partial charge in [0.1, 0.15) is 0 Å². The van der Waals surface area contributed by atoms with Gasteiger partial charge >= 0.3 is 6.03 Å². The topological polar surface area (TPSA) is 84.2 Å². The Morgan fingerprint density at radius 3 is 2.76 bits per heavy atom. The Bertz CT molecular complexity index is 726. The Morgan fingerprint density at radius 2 is 2.00 bits per heavy atom. The number of nitrogens with one attached hydrogen (secondary N) is 1. The molecule has 0 spiro atoms. The molecule has 1 aliphatic heterocycles. The summed E-state index contributed by atoms with van der Waals surface area (Å²) in [4.78, 5) is 22.9. The number of carbonyl (C=O) groups is 1. The number of hydrogen-bond acceptors (Lipinski definition) is 5. The second-order valence-corrected chi connectivity index (χ2v) is 7.11. The van der Waals surface area contributed by atoms with Crippen LogP contribution in [0.3, 0.4) is 0 Å². The zero-order valence-corrected chi connectivity index (χ0v) is 14.4. The van der Waals surface area contributed by atoms with E-state index in [1.54, 1.807) is 12.4 Å². The van der Waals surface area contributed by atoms with Gasteiger partial charge in [-0.3, -0.25) is 4.98 Å². The van der Waals surface area contributed by atoms with Gasteiger partial charge in [0.2, 0.25) is 11.7 Å². The van der Waals surface area contributed by atoms with Crippen LogP contribution in [0.2, 0.25) is 0 Å². The van der Waals surface area contributed by atoms with Crippen molar-refractivity contribution in [3.05, 3.63) is 30.4 Å². The number of nitrogens with zero attached hydrogens (tertiary/aromatic N) is 4. The van der Waals surface area contributed by atoms with Gasteiger partial charge in [0, 0.05) is 37.1 Å². The molecule has 1 saturated heterocycles. The van der Waals surface area contributed by atoms with Gasteiger partial charge in [0.05, 0.1) is 5.92 Å². The zero-order chi connectivity index (χ0) is 17.2. The Hall–Kier alpha value is -2.44. The lowest BCUT2D eigenvalue weighted by atomic mass is 9.98. The van der Waals surface area contributed by atoms with Crippen molar-refractivity contribution in [2.75, 3.05) is 13.1 Å². The van der Waals surface area contributed by atoms with Crippen molar-refractivity contribution in [1.29, 1.82) is 0 Å². The zero-order valence-electron chi connectivity index (χ0n) is 14.4. The molecule has 1 N–H and O–H groups in total. The van der Waals surface area contributed by atoms with Crippen LogP contribution in [0.4, 0.5) is 4.79 Å². The van der Waals surface area contributed by atoms with Crippen LogP contribution in [-0.2, 0) is 0 Å². The fraction of sp³-hybridized carbons (Fsp3) is 0.556. The van der Waals surface area contributed by atoms with Crippen LogP contribution < -0.4 is 5.32 Å². The van der Waals surface area contributed by atoms with E-state index in [4.69, 9.17) is 4.52 Å². The van der Waals surface area contributed by atoms with E-state index in [9.17, 15) is 4.79 Å². The predicted octanol–water partition coefficient (Wildman–Crippen LogP) is 2.82. The average Bonchev–Trinajstić information content (AvgIpc) is 3.36. The maximum Gasteiger partial charge on any atom is 0.317 e. The van der Waals surface area contributed by atoms with E-state index in [0.29, 0.717) is 30.2 Å². The highest BCUT2D eigenvalue weighted by Gasteiger charge is 2.37. The fourth-order valence-electron chi connectivity index (χ4n) is 3.79. The van der Waals surface area contributed by atoms with Crippen molar-refractivity contribution in [3.8, 4) is 11.4 Å². The molecule has 2 aromatic rings. The second-order valence-electron chi connectivity index (χ2n) is 7.11. The maximum atomic E-state index is 12.5. The molecule has 4 rings (SSSR count). The SMILES string of the molecule is CC1CN(C(=O)NC2CCCC2)CC1c1nc(-c2ccncc2)no1. The van der Waals surface area contributed by atoms with Crippen LogP contribution in [0.1, 0.15) is 44.4 Å². The molecule has 2 fully saturated rings. The molecule has 1 saturated carbocycles. The summed E-state index contributed by atoms with van der Waals surface area (Å²) in [6.45, 7) is 3.47. The fourth-order valence-corrected chi connectivity index (χ4v) is 3.79. The van der Waals surface area contributed by atoms with E-state index in [2.05, 4.69) is 27.4 Å². The number of carbonyl (C=O) groups excluding carboxylic acids is 1. The average molecular weight is 341 g/mol. The summed E-state index contributed by atoms with van der Waals surface area (Å²) in [5.41, 5.74) is 0.881. The van der Waals surface area contributed by atoms with Gasteiger partial charge in [-0.25, -0.2) is 4.79 Å². The summed E-state index contributed by atoms with van der Waals surface area (Å²) < 4.78 is 5.50. The largest absolute Gasteiger partial charge is 0.339 e. The molecule has 25 heavy (non-hydrogen) atoms. The standard InChI is InChI=1S/C18H23N5O2/c1-12-10-23(18(24)20-14-4-2-3-5-14)11-15(12)17-21-16(22-25-17)13-6-8-19-9-7-13/h6-9,12,14-15H,2-5,10-11H2,1H3,(H,20,24). The van der Waals surface area contributed by atoms with Crippen molar-refractivity contribution in [2.45, 2.75) is 44.6 Å². The van der Waals surface area contributed by atoms with Crippen LogP contribution in [0.15, 0.2) is 29.0 Å². The van der Waals surface area contributed by atoms with Crippen LogP contribution in [0.5, 0.6) is 0 Å². The quantitative estimate of drug-likeness (QED) is 0.928. The smallest absolute Gasteiger partial charge is 0.317 e. The first-order chi connectivity index (χ1) is 12.2. The van der Waals surface area contributed by atoms with Gasteiger partial charge in [0.15, 0.2) is 0 Å². The molecule has 2 aliphatic rings. The molecule has 3 heterocycles. The van der Waals surface area contributed by atoms with E-state index in [0.717, 1.165) is 24.9 Å². The van der Waals surface area contributed by atoms with Gasteiger partial charge < -0.3 is 14.7 Å². The molecule has 2 unspecified atom stereocenters. The Labute approximate surface area is 146 Å². The molecule has 0 radical (unpaired) electrons. The Balaban J connectivity index is 1.43. The number of rotatable bonds is 3. The number of amides is 2. The lowest BCUT2D eigenvalue weighted by molar-refractivity contribution is 0.202. The summed E-state index contributed by atoms with van der Waals surface area (Å²) in [6, 6.07) is 4.08. The minimum Gasteiger partial charge on any atom is -0.339 e. The number of urea groups is 1. The van der Waals surface area contributed by atoms with E-state index in [1.165, 1.54) is 12.8 Å². The molecule has 7 heteroatoms. The first kappa shape index (κ1) is 16.1. The lowest BCUT2D eigenvalue weighted by Crippen LogP contribution is -2.43. The molecule has 1 aliphatic carbocycles. The van der Waals surface area contributed by atoms with Crippen molar-refractivity contribution >= 4 is 6.03 Å². The van der Waals surface area contributed by atoms with E-state index in [1.807, 2.05) is 17.0 Å². The monoisotopic (exact) mass is 341 g/mol. The first-order valence-electron chi connectivity index (χ1n) is 9.00. The number of aromatic nitrogens is 3. The second kappa shape index (κ2) is 6.82. The van der Waals surface area contributed by atoms with Gasteiger partial charge in [-0.15, -0.1) is 0 Å². The molecule has 7 nitrogen and oxygen atoms in total. The highest BCUT2D eigenvalue weighted by atomic mass is 16.5. The molecule has 2 atom stereocenters. The van der Waals surface area contributed by atoms with E-state index >= 15 is 0 Å². The van der Waals surface area contributed by atoms with Gasteiger partial charge in [-0.2, -0.15) is 4.98 Å². The highest BCUT2D eigenvalue weighted by Crippen LogP contribution is 2.32. The van der Waals surface area contributed by atoms with Gasteiger partial charge in [0.25, 0.3) is 0 Å². The van der Waals surface area contributed by atoms with Crippen LogP contribution in [-0.4, -0.2) is 45.2 Å². The summed E-state index contributed by atoms with van der Waals surface area (Å²) in [7, 11) is 0. The summed E-state index contributed by atoms with van der Waals surface area (Å²) in [6.07, 6.45) is 8.03. The number of pyridine rings is 1. The molecular weight excluding hydrogens is 318 g/mol. The van der Waals surface area contributed by atoms with Crippen LogP contribution >= 0.6 is 0 Å². The third-order valence-corrected chi connectivity index (χ3v) is 5.28. The molecular formula is C18H23N5O2. The Kier molecular flexibility index (Phi) is 4.38. The van der Waals surface area contributed by atoms with Crippen molar-refractivity contribution in [1.82, 2.24) is 25.3 Å². The summed E-state index contributed by atoms with van der Waals surface area (Å²) >= 11 is 0. The van der Waals surface area contributed by atoms with Crippen molar-refractivity contribution in [3.63, 3.8) is 0 Å². The third-order valence-electron chi connectivity index (χ3n) is 5.28. The first-order valence-corrected chi connectivity index (χ1v) is 9.00. The van der Waals surface area contributed by atoms with Crippen molar-refractivity contribution < 1.29 is 9.32 Å².